The van der Waals surface area contributed by atoms with Crippen LogP contribution in [-0.2, 0) is 18.9 Å². The SMILES string of the molecule is O=P(O)(Oc1ccc(Br)cc1)OS(=O)(=O)O. The van der Waals surface area contributed by atoms with Gasteiger partial charge in [0.15, 0.2) is 0 Å². The van der Waals surface area contributed by atoms with Gasteiger partial charge in [0.1, 0.15) is 5.75 Å². The molecule has 0 aliphatic rings. The largest absolute Gasteiger partial charge is 0.544 e. The van der Waals surface area contributed by atoms with Crippen LogP contribution in [0.5, 0.6) is 5.75 Å². The molecule has 0 saturated carbocycles. The quantitative estimate of drug-likeness (QED) is 0.638. The predicted octanol–water partition coefficient (Wildman–Crippen LogP) is 1.75. The highest BCUT2D eigenvalue weighted by Crippen LogP contribution is 2.45. The van der Waals surface area contributed by atoms with Crippen molar-refractivity contribution >= 4 is 34.2 Å². The lowest BCUT2D eigenvalue weighted by Gasteiger charge is -2.10. The van der Waals surface area contributed by atoms with Crippen LogP contribution in [0.15, 0.2) is 28.7 Å². The first-order valence-electron chi connectivity index (χ1n) is 3.64. The Hall–Kier alpha value is -0.440. The van der Waals surface area contributed by atoms with Crippen LogP contribution in [0.4, 0.5) is 0 Å². The maximum atomic E-state index is 11.0. The minimum Gasteiger partial charge on any atom is -0.403 e. The van der Waals surface area contributed by atoms with Crippen LogP contribution >= 0.6 is 23.8 Å². The van der Waals surface area contributed by atoms with E-state index < -0.39 is 18.2 Å². The average molecular weight is 333 g/mol. The van der Waals surface area contributed by atoms with Crippen LogP contribution in [0.3, 0.4) is 0 Å². The molecular formula is C6H6BrO7PS. The highest BCUT2D eigenvalue weighted by atomic mass is 79.9. The molecule has 10 heteroatoms. The summed E-state index contributed by atoms with van der Waals surface area (Å²) in [7, 11) is -9.96. The summed E-state index contributed by atoms with van der Waals surface area (Å²) in [5.41, 5.74) is 0. The van der Waals surface area contributed by atoms with Gasteiger partial charge in [0.25, 0.3) is 0 Å². The Kier molecular flexibility index (Phi) is 4.11. The Morgan fingerprint density at radius 2 is 1.75 bits per heavy atom. The Morgan fingerprint density at radius 3 is 2.19 bits per heavy atom. The van der Waals surface area contributed by atoms with E-state index in [1.807, 2.05) is 0 Å². The minimum absolute atomic E-state index is 0.0855. The third kappa shape index (κ3) is 5.06. The van der Waals surface area contributed by atoms with Crippen molar-refractivity contribution in [2.24, 2.45) is 0 Å². The minimum atomic E-state index is -5.06. The first kappa shape index (κ1) is 13.6. The van der Waals surface area contributed by atoms with Gasteiger partial charge in [-0.2, -0.15) is 8.42 Å². The van der Waals surface area contributed by atoms with E-state index in [2.05, 4.69) is 24.4 Å². The molecule has 0 spiro atoms. The van der Waals surface area contributed by atoms with Crippen LogP contribution in [0.25, 0.3) is 0 Å². The van der Waals surface area contributed by atoms with Crippen molar-refractivity contribution in [1.29, 1.82) is 0 Å². The number of halogens is 1. The van der Waals surface area contributed by atoms with Gasteiger partial charge < -0.3 is 4.52 Å². The topological polar surface area (TPSA) is 110 Å². The summed E-state index contributed by atoms with van der Waals surface area (Å²) in [5, 5.41) is 0. The fourth-order valence-electron chi connectivity index (χ4n) is 0.763. The van der Waals surface area contributed by atoms with Gasteiger partial charge in [-0.05, 0) is 24.3 Å². The number of hydrogen-bond donors (Lipinski definition) is 2. The summed E-state index contributed by atoms with van der Waals surface area (Å²) < 4.78 is 48.2. The van der Waals surface area contributed by atoms with E-state index in [4.69, 9.17) is 9.45 Å². The van der Waals surface area contributed by atoms with E-state index in [9.17, 15) is 13.0 Å². The molecular weight excluding hydrogens is 327 g/mol. The lowest BCUT2D eigenvalue weighted by Crippen LogP contribution is -2.05. The summed E-state index contributed by atoms with van der Waals surface area (Å²) in [4.78, 5) is 8.93. The predicted molar refractivity (Wildman–Crippen MR) is 57.2 cm³/mol. The molecule has 2 N–H and O–H groups in total. The van der Waals surface area contributed by atoms with Gasteiger partial charge in [0.2, 0.25) is 0 Å². The molecule has 0 aliphatic carbocycles. The zero-order valence-electron chi connectivity index (χ0n) is 7.48. The van der Waals surface area contributed by atoms with Gasteiger partial charge in [0, 0.05) is 4.47 Å². The molecule has 0 heterocycles. The third-order valence-electron chi connectivity index (χ3n) is 1.22. The molecule has 0 amide bonds. The van der Waals surface area contributed by atoms with E-state index in [1.165, 1.54) is 24.3 Å². The van der Waals surface area contributed by atoms with E-state index in [1.54, 1.807) is 0 Å². The van der Waals surface area contributed by atoms with Crippen LogP contribution in [-0.4, -0.2) is 17.9 Å². The highest BCUT2D eigenvalue weighted by molar-refractivity contribution is 9.10. The van der Waals surface area contributed by atoms with Crippen LogP contribution in [0.1, 0.15) is 0 Å². The first-order chi connectivity index (χ1) is 7.18. The highest BCUT2D eigenvalue weighted by Gasteiger charge is 2.30. The number of phosphoric ester groups is 1. The van der Waals surface area contributed by atoms with E-state index in [-0.39, 0.29) is 5.75 Å². The number of hydrogen-bond acceptors (Lipinski definition) is 5. The molecule has 1 aromatic carbocycles. The summed E-state index contributed by atoms with van der Waals surface area (Å²) >= 11 is 3.12. The third-order valence-corrected chi connectivity index (χ3v) is 3.70. The molecule has 0 fully saturated rings. The molecule has 0 radical (unpaired) electrons. The first-order valence-corrected chi connectivity index (χ1v) is 7.30. The smallest absolute Gasteiger partial charge is 0.403 e. The Morgan fingerprint density at radius 1 is 1.25 bits per heavy atom. The van der Waals surface area contributed by atoms with Crippen molar-refractivity contribution in [2.45, 2.75) is 0 Å². The molecule has 0 saturated heterocycles. The molecule has 1 atom stereocenters. The molecule has 0 bridgehead atoms. The summed E-state index contributed by atoms with van der Waals surface area (Å²) in [6.45, 7) is 0. The normalized spacial score (nSPS) is 15.4. The number of rotatable bonds is 4. The molecule has 90 valence electrons. The summed E-state index contributed by atoms with van der Waals surface area (Å²) in [6.07, 6.45) is 0. The lowest BCUT2D eigenvalue weighted by atomic mass is 10.3. The zero-order chi connectivity index (χ0) is 12.4. The fraction of sp³-hybridized carbons (Fsp3) is 0. The van der Waals surface area contributed by atoms with Crippen molar-refractivity contribution in [3.05, 3.63) is 28.7 Å². The molecule has 0 aromatic heterocycles. The van der Waals surface area contributed by atoms with Gasteiger partial charge in [0.05, 0.1) is 0 Å². The van der Waals surface area contributed by atoms with Crippen LogP contribution < -0.4 is 4.52 Å². The van der Waals surface area contributed by atoms with Gasteiger partial charge in [-0.25, -0.2) is 4.57 Å². The molecule has 16 heavy (non-hydrogen) atoms. The fourth-order valence-corrected chi connectivity index (χ4v) is 2.49. The zero-order valence-corrected chi connectivity index (χ0v) is 10.8. The van der Waals surface area contributed by atoms with E-state index in [0.717, 1.165) is 0 Å². The average Bonchev–Trinajstić information content (AvgIpc) is 2.04. The Labute approximate surface area is 99.7 Å². The number of phosphoric acid groups is 1. The van der Waals surface area contributed by atoms with Crippen molar-refractivity contribution in [1.82, 2.24) is 0 Å². The maximum absolute atomic E-state index is 11.0. The lowest BCUT2D eigenvalue weighted by molar-refractivity contribution is 0.274. The Balaban J connectivity index is 2.81. The summed E-state index contributed by atoms with van der Waals surface area (Å²) in [5.74, 6) is -0.0855. The maximum Gasteiger partial charge on any atom is 0.544 e. The molecule has 1 aromatic rings. The van der Waals surface area contributed by atoms with Crippen LogP contribution in [0, 0.1) is 0 Å². The molecule has 1 rings (SSSR count). The monoisotopic (exact) mass is 332 g/mol. The van der Waals surface area contributed by atoms with Crippen molar-refractivity contribution < 1.29 is 30.9 Å². The summed E-state index contributed by atoms with van der Waals surface area (Å²) in [6, 6.07) is 5.62. The van der Waals surface area contributed by atoms with Gasteiger partial charge in [-0.3, -0.25) is 9.45 Å². The van der Waals surface area contributed by atoms with Crippen molar-refractivity contribution in [3.63, 3.8) is 0 Å². The van der Waals surface area contributed by atoms with Gasteiger partial charge in [-0.15, -0.1) is 3.97 Å². The van der Waals surface area contributed by atoms with E-state index in [0.29, 0.717) is 4.47 Å². The second kappa shape index (κ2) is 4.82. The second-order valence-corrected chi connectivity index (χ2v) is 6.00. The number of benzene rings is 1. The van der Waals surface area contributed by atoms with Gasteiger partial charge in [-0.1, -0.05) is 15.9 Å². The van der Waals surface area contributed by atoms with Crippen molar-refractivity contribution in [2.75, 3.05) is 0 Å². The Bertz CT molecular complexity index is 510. The molecule has 0 aliphatic heterocycles. The molecule has 1 unspecified atom stereocenters. The van der Waals surface area contributed by atoms with Gasteiger partial charge >= 0.3 is 18.2 Å². The van der Waals surface area contributed by atoms with Crippen molar-refractivity contribution in [3.8, 4) is 5.75 Å². The van der Waals surface area contributed by atoms with Crippen LogP contribution in [0.2, 0.25) is 0 Å². The standard InChI is InChI=1S/C6H6BrO7PS/c7-5-1-3-6(4-2-5)13-15(8,9)14-16(10,11)12/h1-4H,(H,8,9)(H,10,11,12). The second-order valence-electron chi connectivity index (χ2n) is 2.52. The molecule has 7 nitrogen and oxygen atoms in total. The van der Waals surface area contributed by atoms with E-state index >= 15 is 0 Å².